The van der Waals surface area contributed by atoms with Crippen molar-refractivity contribution < 1.29 is 14.7 Å². The van der Waals surface area contributed by atoms with Crippen LogP contribution in [-0.2, 0) is 22.4 Å². The Hall–Kier alpha value is -2.80. The summed E-state index contributed by atoms with van der Waals surface area (Å²) in [4.78, 5) is 37.6. The molecule has 7 heteroatoms. The third kappa shape index (κ3) is 4.07. The molecule has 1 aromatic carbocycles. The number of carbonyl (C=O) groups is 2. The fourth-order valence-corrected chi connectivity index (χ4v) is 4.42. The quantitative estimate of drug-likeness (QED) is 0.817. The highest BCUT2D eigenvalue weighted by molar-refractivity contribution is 5.95. The number of aliphatic hydroxyl groups excluding tert-OH is 1. The van der Waals surface area contributed by atoms with Crippen molar-refractivity contribution in [2.75, 3.05) is 31.1 Å². The van der Waals surface area contributed by atoms with Crippen LogP contribution in [0.1, 0.15) is 47.0 Å². The maximum Gasteiger partial charge on any atom is 0.248 e. The van der Waals surface area contributed by atoms with E-state index in [4.69, 9.17) is 15.1 Å². The van der Waals surface area contributed by atoms with Crippen molar-refractivity contribution in [2.45, 2.75) is 45.4 Å². The van der Waals surface area contributed by atoms with Gasteiger partial charge in [-0.2, -0.15) is 0 Å². The van der Waals surface area contributed by atoms with E-state index in [9.17, 15) is 9.59 Å². The highest BCUT2D eigenvalue weighted by Gasteiger charge is 2.32. The number of amides is 2. The minimum Gasteiger partial charge on any atom is -0.387 e. The first-order valence-electron chi connectivity index (χ1n) is 10.6. The van der Waals surface area contributed by atoms with Gasteiger partial charge in [-0.05, 0) is 38.7 Å². The van der Waals surface area contributed by atoms with Gasteiger partial charge in [0, 0.05) is 43.2 Å². The van der Waals surface area contributed by atoms with E-state index < -0.39 is 6.61 Å². The van der Waals surface area contributed by atoms with Crippen LogP contribution in [0, 0.1) is 13.8 Å². The number of fused-ring (bicyclic) bond motifs is 1. The topological polar surface area (TPSA) is 86.6 Å². The van der Waals surface area contributed by atoms with Gasteiger partial charge in [0.2, 0.25) is 11.8 Å². The number of anilines is 1. The fourth-order valence-electron chi connectivity index (χ4n) is 4.42. The lowest BCUT2D eigenvalue weighted by molar-refractivity contribution is -0.133. The number of likely N-dealkylation sites (tertiary alicyclic amines) is 1. The highest BCUT2D eigenvalue weighted by Crippen LogP contribution is 2.32. The molecule has 4 rings (SSSR count). The van der Waals surface area contributed by atoms with Gasteiger partial charge in [-0.1, -0.05) is 29.8 Å². The molecule has 0 radical (unpaired) electrons. The Morgan fingerprint density at radius 3 is 2.83 bits per heavy atom. The zero-order valence-electron chi connectivity index (χ0n) is 17.6. The molecule has 0 saturated carbocycles. The first-order chi connectivity index (χ1) is 14.5. The van der Waals surface area contributed by atoms with Crippen molar-refractivity contribution in [3.63, 3.8) is 0 Å². The zero-order valence-corrected chi connectivity index (χ0v) is 17.6. The lowest BCUT2D eigenvalue weighted by atomic mass is 10.0. The van der Waals surface area contributed by atoms with Gasteiger partial charge in [0.05, 0.1) is 0 Å². The molecular weight excluding hydrogens is 380 g/mol. The molecule has 2 aromatic rings. The predicted molar refractivity (Wildman–Crippen MR) is 113 cm³/mol. The average molecular weight is 409 g/mol. The molecule has 1 saturated heterocycles. The number of aromatic nitrogens is 2. The first kappa shape index (κ1) is 20.5. The van der Waals surface area contributed by atoms with Gasteiger partial charge >= 0.3 is 0 Å². The van der Waals surface area contributed by atoms with E-state index in [0.717, 1.165) is 29.9 Å². The van der Waals surface area contributed by atoms with Crippen molar-refractivity contribution >= 4 is 17.6 Å². The highest BCUT2D eigenvalue weighted by atomic mass is 16.3. The zero-order chi connectivity index (χ0) is 21.3. The molecule has 7 nitrogen and oxygen atoms in total. The summed E-state index contributed by atoms with van der Waals surface area (Å²) >= 11 is 0. The Kier molecular flexibility index (Phi) is 5.81. The molecule has 0 unspecified atom stereocenters. The summed E-state index contributed by atoms with van der Waals surface area (Å²) in [7, 11) is 0. The summed E-state index contributed by atoms with van der Waals surface area (Å²) in [6, 6.07) is 8.35. The molecule has 1 atom stereocenters. The van der Waals surface area contributed by atoms with Crippen LogP contribution in [0.15, 0.2) is 24.3 Å². The lowest BCUT2D eigenvalue weighted by Crippen LogP contribution is -2.38. The van der Waals surface area contributed by atoms with Gasteiger partial charge in [-0.25, -0.2) is 9.97 Å². The van der Waals surface area contributed by atoms with Crippen molar-refractivity contribution in [1.82, 2.24) is 14.9 Å². The van der Waals surface area contributed by atoms with Crippen molar-refractivity contribution in [2.24, 2.45) is 0 Å². The van der Waals surface area contributed by atoms with E-state index in [1.807, 2.05) is 17.9 Å². The summed E-state index contributed by atoms with van der Waals surface area (Å²) in [5.41, 5.74) is 4.37. The fraction of sp³-hybridized carbons (Fsp3) is 0.478. The van der Waals surface area contributed by atoms with E-state index in [-0.39, 0.29) is 17.7 Å². The molecule has 2 amide bonds. The monoisotopic (exact) mass is 408 g/mol. The van der Waals surface area contributed by atoms with Crippen LogP contribution in [0.4, 0.5) is 5.82 Å². The number of rotatable bonds is 5. The number of aryl methyl sites for hydroxylation is 2. The summed E-state index contributed by atoms with van der Waals surface area (Å²) < 4.78 is 0. The number of hydrogen-bond acceptors (Lipinski definition) is 5. The van der Waals surface area contributed by atoms with Crippen molar-refractivity contribution in [3.8, 4) is 0 Å². The second-order valence-corrected chi connectivity index (χ2v) is 8.24. The molecule has 1 aromatic heterocycles. The number of benzene rings is 1. The van der Waals surface area contributed by atoms with Crippen LogP contribution in [0.25, 0.3) is 0 Å². The van der Waals surface area contributed by atoms with E-state index in [0.29, 0.717) is 38.3 Å². The molecule has 1 fully saturated rings. The minimum atomic E-state index is -0.474. The molecule has 3 heterocycles. The molecule has 158 valence electrons. The first-order valence-corrected chi connectivity index (χ1v) is 10.6. The summed E-state index contributed by atoms with van der Waals surface area (Å²) in [5, 5.41) is 9.12. The summed E-state index contributed by atoms with van der Waals surface area (Å²) in [5.74, 6) is 1.29. The molecule has 0 bridgehead atoms. The van der Waals surface area contributed by atoms with Crippen LogP contribution < -0.4 is 4.90 Å². The Labute approximate surface area is 176 Å². The molecule has 30 heavy (non-hydrogen) atoms. The molecule has 2 aliphatic rings. The SMILES string of the molecule is Cc1cccc(CCN2C(=O)CCc3c(C)nc([C@H]4CCN(C(=O)CO)C4)nc32)c1. The van der Waals surface area contributed by atoms with E-state index in [2.05, 4.69) is 25.1 Å². The minimum absolute atomic E-state index is 0.0279. The van der Waals surface area contributed by atoms with E-state index in [1.165, 1.54) is 11.1 Å². The number of nitrogens with zero attached hydrogens (tertiary/aromatic N) is 4. The largest absolute Gasteiger partial charge is 0.387 e. The van der Waals surface area contributed by atoms with Gasteiger partial charge in [0.15, 0.2) is 0 Å². The van der Waals surface area contributed by atoms with Crippen LogP contribution >= 0.6 is 0 Å². The molecule has 0 aliphatic carbocycles. The maximum atomic E-state index is 12.8. The Bertz CT molecular complexity index is 975. The third-order valence-corrected chi connectivity index (χ3v) is 6.10. The van der Waals surface area contributed by atoms with Gasteiger partial charge in [0.1, 0.15) is 18.2 Å². The third-order valence-electron chi connectivity index (χ3n) is 6.10. The lowest BCUT2D eigenvalue weighted by Gasteiger charge is -2.30. The normalized spacial score (nSPS) is 18.6. The number of aliphatic hydroxyl groups is 1. The predicted octanol–water partition coefficient (Wildman–Crippen LogP) is 1.92. The second kappa shape index (κ2) is 8.52. The Morgan fingerprint density at radius 1 is 1.23 bits per heavy atom. The van der Waals surface area contributed by atoms with Crippen LogP contribution in [0.2, 0.25) is 0 Å². The van der Waals surface area contributed by atoms with Gasteiger partial charge in [-0.3, -0.25) is 14.5 Å². The van der Waals surface area contributed by atoms with E-state index in [1.54, 1.807) is 4.90 Å². The van der Waals surface area contributed by atoms with Gasteiger partial charge in [0.25, 0.3) is 0 Å². The van der Waals surface area contributed by atoms with Gasteiger partial charge < -0.3 is 10.0 Å². The van der Waals surface area contributed by atoms with Gasteiger partial charge in [-0.15, -0.1) is 0 Å². The molecule has 2 aliphatic heterocycles. The number of carbonyl (C=O) groups excluding carboxylic acids is 2. The molecular formula is C23H28N4O3. The average Bonchev–Trinajstić information content (AvgIpc) is 3.22. The summed E-state index contributed by atoms with van der Waals surface area (Å²) in [6.45, 7) is 5.27. The van der Waals surface area contributed by atoms with E-state index >= 15 is 0 Å². The van der Waals surface area contributed by atoms with Crippen LogP contribution in [0.5, 0.6) is 0 Å². The van der Waals surface area contributed by atoms with Crippen molar-refractivity contribution in [3.05, 3.63) is 52.5 Å². The second-order valence-electron chi connectivity index (χ2n) is 8.24. The molecule has 1 N–H and O–H groups in total. The smallest absolute Gasteiger partial charge is 0.248 e. The Balaban J connectivity index is 1.58. The Morgan fingerprint density at radius 2 is 2.07 bits per heavy atom. The molecule has 0 spiro atoms. The maximum absolute atomic E-state index is 12.8. The van der Waals surface area contributed by atoms with Crippen LogP contribution in [-0.4, -0.2) is 58.0 Å². The van der Waals surface area contributed by atoms with Crippen LogP contribution in [0.3, 0.4) is 0 Å². The summed E-state index contributed by atoms with van der Waals surface area (Å²) in [6.07, 6.45) is 2.68. The van der Waals surface area contributed by atoms with Crippen molar-refractivity contribution in [1.29, 1.82) is 0 Å². The number of hydrogen-bond donors (Lipinski definition) is 1. The standard InChI is InChI=1S/C23H28N4O3/c1-15-4-3-5-17(12-15)8-11-27-20(29)7-6-19-16(2)24-22(25-23(19)27)18-9-10-26(13-18)21(30)14-28/h3-5,12,18,28H,6-11,13-14H2,1-2H3/t18-/m0/s1.